The van der Waals surface area contributed by atoms with Crippen LogP contribution in [0.5, 0.6) is 0 Å². The second-order valence-corrected chi connectivity index (χ2v) is 8.82. The minimum absolute atomic E-state index is 0.129. The number of hydrogen-bond acceptors (Lipinski definition) is 6. The number of aromatic nitrogens is 2. The standard InChI is InChI=1S/C24H27F3N4O2S/c1-4-31(5-2)14-19(32)23-30-21(24(25,26)27)20(34-23)22(33)29-15(3)16-8-6-9-17(12-16)18-10-7-11-28-13-18/h6-13,15,19,32H,4-5,14H2,1-3H3,(H,29,33)/t15-,19?/m0/s1. The molecule has 0 saturated heterocycles. The maximum atomic E-state index is 13.6. The molecule has 0 aliphatic heterocycles. The topological polar surface area (TPSA) is 78.3 Å². The molecule has 0 bridgehead atoms. The number of carbonyl (C=O) groups is 1. The summed E-state index contributed by atoms with van der Waals surface area (Å²) < 4.78 is 40.9. The number of benzene rings is 1. The number of aliphatic hydroxyl groups excluding tert-OH is 1. The number of nitrogens with one attached hydrogen (secondary N) is 1. The molecular formula is C24H27F3N4O2S. The number of carbonyl (C=O) groups excluding carboxylic acids is 1. The van der Waals surface area contributed by atoms with Gasteiger partial charge in [0.1, 0.15) is 16.0 Å². The van der Waals surface area contributed by atoms with Crippen LogP contribution in [0.3, 0.4) is 0 Å². The summed E-state index contributed by atoms with van der Waals surface area (Å²) in [4.78, 5) is 21.9. The van der Waals surface area contributed by atoms with Crippen LogP contribution in [-0.4, -0.2) is 45.5 Å². The second kappa shape index (κ2) is 11.1. The van der Waals surface area contributed by atoms with Crippen molar-refractivity contribution in [3.8, 4) is 11.1 Å². The van der Waals surface area contributed by atoms with Gasteiger partial charge in [0.25, 0.3) is 5.91 Å². The van der Waals surface area contributed by atoms with Gasteiger partial charge in [0.15, 0.2) is 5.69 Å². The molecule has 0 saturated carbocycles. The summed E-state index contributed by atoms with van der Waals surface area (Å²) in [5, 5.41) is 13.0. The van der Waals surface area contributed by atoms with Crippen molar-refractivity contribution in [2.75, 3.05) is 19.6 Å². The zero-order valence-corrected chi connectivity index (χ0v) is 20.0. The van der Waals surface area contributed by atoms with Gasteiger partial charge in [-0.2, -0.15) is 13.2 Å². The fourth-order valence-corrected chi connectivity index (χ4v) is 4.46. The third kappa shape index (κ3) is 6.19. The number of pyridine rings is 1. The lowest BCUT2D eigenvalue weighted by atomic mass is 10.0. The maximum Gasteiger partial charge on any atom is 0.435 e. The summed E-state index contributed by atoms with van der Waals surface area (Å²) in [5.74, 6) is -0.884. The Bertz CT molecular complexity index is 1100. The fourth-order valence-electron chi connectivity index (χ4n) is 3.50. The maximum absolute atomic E-state index is 13.6. The van der Waals surface area contributed by atoms with Gasteiger partial charge in [0.05, 0.1) is 6.04 Å². The first kappa shape index (κ1) is 25.8. The highest BCUT2D eigenvalue weighted by Gasteiger charge is 2.40. The van der Waals surface area contributed by atoms with E-state index in [2.05, 4.69) is 15.3 Å². The van der Waals surface area contributed by atoms with E-state index in [1.807, 2.05) is 49.1 Å². The van der Waals surface area contributed by atoms with E-state index >= 15 is 0 Å². The molecule has 0 radical (unpaired) electrons. The van der Waals surface area contributed by atoms with Crippen LogP contribution in [0.25, 0.3) is 11.1 Å². The van der Waals surface area contributed by atoms with E-state index in [1.54, 1.807) is 25.4 Å². The van der Waals surface area contributed by atoms with Crippen molar-refractivity contribution in [3.05, 3.63) is 69.9 Å². The zero-order valence-electron chi connectivity index (χ0n) is 19.1. The van der Waals surface area contributed by atoms with Gasteiger partial charge in [-0.3, -0.25) is 9.78 Å². The summed E-state index contributed by atoms with van der Waals surface area (Å²) in [7, 11) is 0. The molecule has 0 spiro atoms. The lowest BCUT2D eigenvalue weighted by Crippen LogP contribution is -2.28. The van der Waals surface area contributed by atoms with Crippen LogP contribution < -0.4 is 5.32 Å². The lowest BCUT2D eigenvalue weighted by molar-refractivity contribution is -0.141. The lowest BCUT2D eigenvalue weighted by Gasteiger charge is -2.20. The Morgan fingerprint density at radius 1 is 1.18 bits per heavy atom. The fraction of sp³-hybridized carbons (Fsp3) is 0.375. The molecule has 10 heteroatoms. The predicted molar refractivity (Wildman–Crippen MR) is 125 cm³/mol. The van der Waals surface area contributed by atoms with Crippen molar-refractivity contribution in [2.24, 2.45) is 0 Å². The molecule has 1 unspecified atom stereocenters. The van der Waals surface area contributed by atoms with Gasteiger partial charge in [-0.15, -0.1) is 11.3 Å². The minimum Gasteiger partial charge on any atom is -0.385 e. The number of halogens is 3. The number of rotatable bonds is 9. The Balaban J connectivity index is 1.83. The van der Waals surface area contributed by atoms with Crippen molar-refractivity contribution < 1.29 is 23.1 Å². The van der Waals surface area contributed by atoms with E-state index < -0.39 is 34.8 Å². The summed E-state index contributed by atoms with van der Waals surface area (Å²) in [6.07, 6.45) is -2.67. The van der Waals surface area contributed by atoms with Crippen LogP contribution >= 0.6 is 11.3 Å². The molecule has 2 aromatic heterocycles. The third-order valence-corrected chi connectivity index (χ3v) is 6.61. The Morgan fingerprint density at radius 3 is 2.50 bits per heavy atom. The van der Waals surface area contributed by atoms with E-state index in [1.165, 1.54) is 0 Å². The number of nitrogens with zero attached hydrogens (tertiary/aromatic N) is 3. The van der Waals surface area contributed by atoms with Gasteiger partial charge in [-0.1, -0.05) is 38.1 Å². The Hall–Kier alpha value is -2.82. The zero-order chi connectivity index (χ0) is 24.9. The molecule has 2 N–H and O–H groups in total. The molecule has 182 valence electrons. The monoisotopic (exact) mass is 492 g/mol. The summed E-state index contributed by atoms with van der Waals surface area (Å²) >= 11 is 0.575. The first-order chi connectivity index (χ1) is 16.1. The van der Waals surface area contributed by atoms with E-state index in [9.17, 15) is 23.1 Å². The number of thiazole rings is 1. The molecule has 0 aliphatic carbocycles. The highest BCUT2D eigenvalue weighted by atomic mass is 32.1. The molecule has 1 amide bonds. The number of aliphatic hydroxyl groups is 1. The first-order valence-electron chi connectivity index (χ1n) is 10.9. The smallest absolute Gasteiger partial charge is 0.385 e. The molecule has 3 rings (SSSR count). The van der Waals surface area contributed by atoms with Crippen molar-refractivity contribution in [1.82, 2.24) is 20.2 Å². The summed E-state index contributed by atoms with van der Waals surface area (Å²) in [6, 6.07) is 10.5. The summed E-state index contributed by atoms with van der Waals surface area (Å²) in [5.41, 5.74) is 1.22. The molecule has 3 aromatic rings. The SMILES string of the molecule is CCN(CC)CC(O)c1nc(C(F)(F)F)c(C(=O)N[C@@H](C)c2cccc(-c3cccnc3)c2)s1. The van der Waals surface area contributed by atoms with Crippen molar-refractivity contribution in [2.45, 2.75) is 39.1 Å². The van der Waals surface area contributed by atoms with E-state index in [0.717, 1.165) is 16.7 Å². The Morgan fingerprint density at radius 2 is 1.88 bits per heavy atom. The van der Waals surface area contributed by atoms with E-state index in [4.69, 9.17) is 0 Å². The van der Waals surface area contributed by atoms with E-state index in [-0.39, 0.29) is 11.6 Å². The Labute approximate surface area is 200 Å². The van der Waals surface area contributed by atoms with Crippen molar-refractivity contribution in [1.29, 1.82) is 0 Å². The first-order valence-corrected chi connectivity index (χ1v) is 11.7. The second-order valence-electron chi connectivity index (χ2n) is 7.79. The van der Waals surface area contributed by atoms with Crippen LogP contribution in [0, 0.1) is 0 Å². The molecule has 2 heterocycles. The van der Waals surface area contributed by atoms with Gasteiger partial charge in [0, 0.05) is 18.9 Å². The Kier molecular flexibility index (Phi) is 8.40. The molecule has 1 aromatic carbocycles. The molecular weight excluding hydrogens is 465 g/mol. The molecule has 34 heavy (non-hydrogen) atoms. The van der Waals surface area contributed by atoms with Crippen molar-refractivity contribution >= 4 is 17.2 Å². The third-order valence-electron chi connectivity index (χ3n) is 5.46. The normalized spacial score (nSPS) is 13.6. The van der Waals surface area contributed by atoms with Crippen LogP contribution in [0.1, 0.15) is 58.9 Å². The van der Waals surface area contributed by atoms with E-state index in [0.29, 0.717) is 24.4 Å². The van der Waals surface area contributed by atoms with Gasteiger partial charge in [-0.25, -0.2) is 4.98 Å². The minimum atomic E-state index is -4.82. The van der Waals surface area contributed by atoms with Gasteiger partial charge in [-0.05, 0) is 48.8 Å². The number of amides is 1. The van der Waals surface area contributed by atoms with Crippen LogP contribution in [-0.2, 0) is 6.18 Å². The molecule has 0 aliphatic rings. The van der Waals surface area contributed by atoms with Crippen LogP contribution in [0.4, 0.5) is 13.2 Å². The predicted octanol–water partition coefficient (Wildman–Crippen LogP) is 5.09. The van der Waals surface area contributed by atoms with Crippen LogP contribution in [0.2, 0.25) is 0 Å². The number of alkyl halides is 3. The van der Waals surface area contributed by atoms with Gasteiger partial charge < -0.3 is 15.3 Å². The van der Waals surface area contributed by atoms with Crippen LogP contribution in [0.15, 0.2) is 48.8 Å². The van der Waals surface area contributed by atoms with Crippen molar-refractivity contribution in [3.63, 3.8) is 0 Å². The molecule has 2 atom stereocenters. The highest BCUT2D eigenvalue weighted by Crippen LogP contribution is 2.36. The average molecular weight is 493 g/mol. The molecule has 6 nitrogen and oxygen atoms in total. The number of likely N-dealkylation sites (N-methyl/N-ethyl adjacent to an activating group) is 1. The largest absolute Gasteiger partial charge is 0.435 e. The molecule has 0 fully saturated rings. The summed E-state index contributed by atoms with van der Waals surface area (Å²) in [6.45, 7) is 6.88. The number of hydrogen-bond donors (Lipinski definition) is 2. The van der Waals surface area contributed by atoms with Gasteiger partial charge >= 0.3 is 6.18 Å². The quantitative estimate of drug-likeness (QED) is 0.435. The average Bonchev–Trinajstić information content (AvgIpc) is 3.30. The highest BCUT2D eigenvalue weighted by molar-refractivity contribution is 7.13. The van der Waals surface area contributed by atoms with Gasteiger partial charge in [0.2, 0.25) is 0 Å².